The van der Waals surface area contributed by atoms with Gasteiger partial charge in [-0.1, -0.05) is 19.1 Å². The van der Waals surface area contributed by atoms with Crippen LogP contribution in [0.4, 0.5) is 0 Å². The van der Waals surface area contributed by atoms with Crippen molar-refractivity contribution in [2.24, 2.45) is 11.7 Å². The molecule has 0 aliphatic carbocycles. The molecular weight excluding hydrogens is 270 g/mol. The van der Waals surface area contributed by atoms with Crippen LogP contribution in [0, 0.1) is 5.92 Å². The third kappa shape index (κ3) is 4.28. The van der Waals surface area contributed by atoms with Crippen molar-refractivity contribution in [3.63, 3.8) is 0 Å². The first-order chi connectivity index (χ1) is 9.69. The number of para-hydroxylation sites is 1. The van der Waals surface area contributed by atoms with Crippen molar-refractivity contribution in [2.45, 2.75) is 32.7 Å². The van der Waals surface area contributed by atoms with Gasteiger partial charge in [-0.05, 0) is 37.4 Å². The minimum atomic E-state index is 0.0909. The minimum absolute atomic E-state index is 0.0909. The Kier molecular flexibility index (Phi) is 5.49. The molecule has 1 heterocycles. The molecule has 0 spiro atoms. The normalized spacial score (nSPS) is 12.5. The molecule has 2 rings (SSSR count). The number of nitrogens with zero attached hydrogens (tertiary/aromatic N) is 1. The zero-order valence-electron chi connectivity index (χ0n) is 11.8. The molecule has 1 atom stereocenters. The number of hydrogen-bond acceptors (Lipinski definition) is 4. The lowest BCUT2D eigenvalue weighted by atomic mass is 10.0. The Labute approximate surface area is 123 Å². The Morgan fingerprint density at radius 3 is 2.95 bits per heavy atom. The van der Waals surface area contributed by atoms with Crippen LogP contribution >= 0.6 is 11.3 Å². The smallest absolute Gasteiger partial charge is 0.220 e. The molecule has 0 saturated carbocycles. The van der Waals surface area contributed by atoms with E-state index in [4.69, 9.17) is 5.73 Å². The van der Waals surface area contributed by atoms with Crippen molar-refractivity contribution in [1.82, 2.24) is 10.3 Å². The lowest BCUT2D eigenvalue weighted by molar-refractivity contribution is -0.121. The Bertz CT molecular complexity index is 534. The van der Waals surface area contributed by atoms with E-state index in [-0.39, 0.29) is 5.91 Å². The Hall–Kier alpha value is -1.46. The Balaban J connectivity index is 1.78. The summed E-state index contributed by atoms with van der Waals surface area (Å²) in [6.07, 6.45) is 2.43. The van der Waals surface area contributed by atoms with Crippen LogP contribution in [0.5, 0.6) is 0 Å². The van der Waals surface area contributed by atoms with Gasteiger partial charge in [0, 0.05) is 6.42 Å². The van der Waals surface area contributed by atoms with Gasteiger partial charge in [0.2, 0.25) is 5.91 Å². The molecular formula is C15H21N3OS. The monoisotopic (exact) mass is 291 g/mol. The van der Waals surface area contributed by atoms with E-state index in [0.29, 0.717) is 25.4 Å². The van der Waals surface area contributed by atoms with Crippen LogP contribution in [0.1, 0.15) is 31.2 Å². The largest absolute Gasteiger partial charge is 0.350 e. The molecule has 20 heavy (non-hydrogen) atoms. The molecule has 1 unspecified atom stereocenters. The van der Waals surface area contributed by atoms with E-state index in [2.05, 4.69) is 17.2 Å². The van der Waals surface area contributed by atoms with Gasteiger partial charge >= 0.3 is 0 Å². The summed E-state index contributed by atoms with van der Waals surface area (Å²) in [6, 6.07) is 8.02. The fraction of sp³-hybridized carbons (Fsp3) is 0.467. The van der Waals surface area contributed by atoms with E-state index in [1.165, 1.54) is 0 Å². The highest BCUT2D eigenvalue weighted by Crippen LogP contribution is 2.21. The van der Waals surface area contributed by atoms with Gasteiger partial charge in [0.1, 0.15) is 5.01 Å². The molecule has 2 aromatic rings. The number of amides is 1. The molecule has 0 bridgehead atoms. The summed E-state index contributed by atoms with van der Waals surface area (Å²) in [6.45, 7) is 3.34. The summed E-state index contributed by atoms with van der Waals surface area (Å²) < 4.78 is 1.16. The second kappa shape index (κ2) is 7.36. The van der Waals surface area contributed by atoms with Crippen molar-refractivity contribution in [1.29, 1.82) is 0 Å². The molecule has 5 heteroatoms. The predicted octanol–water partition coefficient (Wildman–Crippen LogP) is 2.68. The van der Waals surface area contributed by atoms with Crippen molar-refractivity contribution < 1.29 is 4.79 Å². The number of fused-ring (bicyclic) bond motifs is 1. The molecule has 1 aromatic heterocycles. The van der Waals surface area contributed by atoms with Crippen LogP contribution in [0.15, 0.2) is 24.3 Å². The summed E-state index contributed by atoms with van der Waals surface area (Å²) in [5.41, 5.74) is 6.50. The van der Waals surface area contributed by atoms with Gasteiger partial charge in [-0.2, -0.15) is 0 Å². The topological polar surface area (TPSA) is 68.0 Å². The summed E-state index contributed by atoms with van der Waals surface area (Å²) in [5.74, 6) is 0.598. The first-order valence-corrected chi connectivity index (χ1v) is 7.82. The highest BCUT2D eigenvalue weighted by Gasteiger charge is 2.08. The number of carbonyl (C=O) groups is 1. The van der Waals surface area contributed by atoms with E-state index in [9.17, 15) is 4.79 Å². The van der Waals surface area contributed by atoms with Gasteiger partial charge in [0.05, 0.1) is 16.8 Å². The van der Waals surface area contributed by atoms with Gasteiger partial charge in [0.15, 0.2) is 0 Å². The number of hydrogen-bond donors (Lipinski definition) is 2. The van der Waals surface area contributed by atoms with Gasteiger partial charge < -0.3 is 11.1 Å². The standard InChI is InChI=1S/C15H21N3OS/c1-11(8-9-16)6-7-14(19)17-10-15-18-12-4-2-3-5-13(12)20-15/h2-5,11H,6-10,16H2,1H3,(H,17,19). The Morgan fingerprint density at radius 1 is 1.40 bits per heavy atom. The maximum Gasteiger partial charge on any atom is 0.220 e. The molecule has 3 N–H and O–H groups in total. The van der Waals surface area contributed by atoms with Crippen LogP contribution in [0.2, 0.25) is 0 Å². The van der Waals surface area contributed by atoms with E-state index >= 15 is 0 Å². The summed E-state index contributed by atoms with van der Waals surface area (Å²) in [5, 5.41) is 3.89. The van der Waals surface area contributed by atoms with Crippen LogP contribution < -0.4 is 11.1 Å². The number of nitrogens with two attached hydrogens (primary N) is 1. The fourth-order valence-electron chi connectivity index (χ4n) is 2.06. The molecule has 0 saturated heterocycles. The van der Waals surface area contributed by atoms with E-state index in [1.54, 1.807) is 11.3 Å². The fourth-order valence-corrected chi connectivity index (χ4v) is 2.97. The van der Waals surface area contributed by atoms with Crippen LogP contribution in [0.3, 0.4) is 0 Å². The van der Waals surface area contributed by atoms with Gasteiger partial charge in [-0.25, -0.2) is 4.98 Å². The minimum Gasteiger partial charge on any atom is -0.350 e. The zero-order valence-corrected chi connectivity index (χ0v) is 12.6. The van der Waals surface area contributed by atoms with Crippen molar-refractivity contribution >= 4 is 27.5 Å². The van der Waals surface area contributed by atoms with Crippen LogP contribution in [0.25, 0.3) is 10.2 Å². The maximum absolute atomic E-state index is 11.8. The number of nitrogens with one attached hydrogen (secondary N) is 1. The number of aromatic nitrogens is 1. The number of carbonyl (C=O) groups excluding carboxylic acids is 1. The number of thiazole rings is 1. The lowest BCUT2D eigenvalue weighted by Crippen LogP contribution is -2.23. The first-order valence-electron chi connectivity index (χ1n) is 7.00. The highest BCUT2D eigenvalue weighted by molar-refractivity contribution is 7.18. The highest BCUT2D eigenvalue weighted by atomic mass is 32.1. The molecule has 1 aromatic carbocycles. The second-order valence-corrected chi connectivity index (χ2v) is 6.19. The average Bonchev–Trinajstić information content (AvgIpc) is 2.86. The second-order valence-electron chi connectivity index (χ2n) is 5.07. The average molecular weight is 291 g/mol. The Morgan fingerprint density at radius 2 is 2.20 bits per heavy atom. The summed E-state index contributed by atoms with van der Waals surface area (Å²) in [7, 11) is 0. The van der Waals surface area contributed by atoms with E-state index in [1.807, 2.05) is 24.3 Å². The molecule has 0 radical (unpaired) electrons. The van der Waals surface area contributed by atoms with Gasteiger partial charge in [0.25, 0.3) is 0 Å². The SMILES string of the molecule is CC(CCN)CCC(=O)NCc1nc2ccccc2s1. The van der Waals surface area contributed by atoms with Crippen LogP contribution in [-0.4, -0.2) is 17.4 Å². The molecule has 0 fully saturated rings. The zero-order chi connectivity index (χ0) is 14.4. The van der Waals surface area contributed by atoms with Gasteiger partial charge in [-0.3, -0.25) is 4.79 Å². The van der Waals surface area contributed by atoms with Crippen molar-refractivity contribution in [2.75, 3.05) is 6.54 Å². The van der Waals surface area contributed by atoms with Crippen molar-refractivity contribution in [3.05, 3.63) is 29.3 Å². The summed E-state index contributed by atoms with van der Waals surface area (Å²) in [4.78, 5) is 16.3. The first kappa shape index (κ1) is 14.9. The van der Waals surface area contributed by atoms with Gasteiger partial charge in [-0.15, -0.1) is 11.3 Å². The maximum atomic E-state index is 11.8. The van der Waals surface area contributed by atoms with Crippen molar-refractivity contribution in [3.8, 4) is 0 Å². The predicted molar refractivity (Wildman–Crippen MR) is 83.5 cm³/mol. The molecule has 4 nitrogen and oxygen atoms in total. The molecule has 0 aliphatic rings. The summed E-state index contributed by atoms with van der Waals surface area (Å²) >= 11 is 1.63. The lowest BCUT2D eigenvalue weighted by Gasteiger charge is -2.09. The molecule has 0 aliphatic heterocycles. The third-order valence-corrected chi connectivity index (χ3v) is 4.34. The van der Waals surface area contributed by atoms with E-state index in [0.717, 1.165) is 28.1 Å². The molecule has 1 amide bonds. The number of benzene rings is 1. The third-order valence-electron chi connectivity index (χ3n) is 3.30. The number of rotatable bonds is 7. The molecule has 108 valence electrons. The quantitative estimate of drug-likeness (QED) is 0.824. The van der Waals surface area contributed by atoms with E-state index < -0.39 is 0 Å². The van der Waals surface area contributed by atoms with Crippen LogP contribution in [-0.2, 0) is 11.3 Å².